The Kier molecular flexibility index (Phi) is 3.43. The summed E-state index contributed by atoms with van der Waals surface area (Å²) in [5, 5.41) is 18.0. The first kappa shape index (κ1) is 13.4. The molecule has 0 fully saturated rings. The molecule has 2 aromatic heterocycles. The Morgan fingerprint density at radius 1 is 1.29 bits per heavy atom. The fraction of sp³-hybridized carbons (Fsp3) is 0.267. The van der Waals surface area contributed by atoms with E-state index in [0.29, 0.717) is 13.0 Å². The van der Waals surface area contributed by atoms with Crippen molar-refractivity contribution >= 4 is 16.9 Å². The Morgan fingerprint density at radius 2 is 2.10 bits per heavy atom. The number of hydrogen-bond donors (Lipinski definition) is 1. The van der Waals surface area contributed by atoms with Crippen molar-refractivity contribution in [2.45, 2.75) is 19.4 Å². The second-order valence-corrected chi connectivity index (χ2v) is 5.08. The molecule has 1 aromatic carbocycles. The lowest BCUT2D eigenvalue weighted by Crippen LogP contribution is -1.99. The van der Waals surface area contributed by atoms with Crippen LogP contribution in [0.2, 0.25) is 0 Å². The lowest BCUT2D eigenvalue weighted by atomic mass is 10.1. The van der Waals surface area contributed by atoms with Crippen molar-refractivity contribution in [3.8, 4) is 0 Å². The molecule has 2 heterocycles. The van der Waals surface area contributed by atoms with Crippen molar-refractivity contribution < 1.29 is 9.90 Å². The van der Waals surface area contributed by atoms with Crippen molar-refractivity contribution in [2.24, 2.45) is 7.05 Å². The third-order valence-corrected chi connectivity index (χ3v) is 3.46. The number of carbonyl (C=O) groups is 1. The van der Waals surface area contributed by atoms with E-state index in [-0.39, 0.29) is 6.42 Å². The fourth-order valence-corrected chi connectivity index (χ4v) is 2.54. The van der Waals surface area contributed by atoms with Gasteiger partial charge in [-0.1, -0.05) is 23.4 Å². The highest BCUT2D eigenvalue weighted by molar-refractivity contribution is 5.84. The molecule has 3 aromatic rings. The Labute approximate surface area is 121 Å². The number of rotatable bonds is 5. The summed E-state index contributed by atoms with van der Waals surface area (Å²) in [6.45, 7) is 0.626. The molecule has 3 rings (SSSR count). The molecule has 0 aliphatic carbocycles. The number of nitrogens with zero attached hydrogens (tertiary/aromatic N) is 4. The first-order valence-corrected chi connectivity index (χ1v) is 6.77. The number of benzene rings is 1. The summed E-state index contributed by atoms with van der Waals surface area (Å²) in [5.74, 6) is -0.777. The Balaban J connectivity index is 1.96. The second kappa shape index (κ2) is 5.40. The second-order valence-electron chi connectivity index (χ2n) is 5.08. The minimum atomic E-state index is -0.777. The fourth-order valence-electron chi connectivity index (χ4n) is 2.54. The highest BCUT2D eigenvalue weighted by Crippen LogP contribution is 2.23. The van der Waals surface area contributed by atoms with Crippen LogP contribution in [0, 0.1) is 0 Å². The van der Waals surface area contributed by atoms with Crippen LogP contribution in [0.4, 0.5) is 0 Å². The van der Waals surface area contributed by atoms with Crippen LogP contribution in [0.15, 0.2) is 36.7 Å². The molecule has 0 bridgehead atoms. The maximum atomic E-state index is 10.8. The lowest BCUT2D eigenvalue weighted by Gasteiger charge is -2.01. The van der Waals surface area contributed by atoms with Gasteiger partial charge in [0.25, 0.3) is 0 Å². The summed E-state index contributed by atoms with van der Waals surface area (Å²) in [4.78, 5) is 10.8. The number of para-hydroxylation sites is 1. The van der Waals surface area contributed by atoms with Gasteiger partial charge < -0.3 is 9.67 Å². The molecule has 0 aliphatic heterocycles. The summed E-state index contributed by atoms with van der Waals surface area (Å²) in [7, 11) is 1.84. The molecule has 0 unspecified atom stereocenters. The highest BCUT2D eigenvalue weighted by Gasteiger charge is 2.10. The van der Waals surface area contributed by atoms with E-state index in [2.05, 4.69) is 14.9 Å². The summed E-state index contributed by atoms with van der Waals surface area (Å²) in [5.41, 5.74) is 3.02. The van der Waals surface area contributed by atoms with Crippen LogP contribution in [0.5, 0.6) is 0 Å². The highest BCUT2D eigenvalue weighted by atomic mass is 16.4. The standard InChI is InChI=1S/C15H16N4O2/c1-18-9-12(16-17-18)10-19-8-11(6-7-15(20)21)13-4-2-3-5-14(13)19/h2-5,8-9H,6-7,10H2,1H3,(H,20,21). The lowest BCUT2D eigenvalue weighted by molar-refractivity contribution is -0.136. The van der Waals surface area contributed by atoms with Crippen molar-refractivity contribution in [1.82, 2.24) is 19.6 Å². The van der Waals surface area contributed by atoms with Crippen LogP contribution in [-0.2, 0) is 24.8 Å². The van der Waals surface area contributed by atoms with Crippen LogP contribution in [0.3, 0.4) is 0 Å². The average Bonchev–Trinajstić information content (AvgIpc) is 3.02. The van der Waals surface area contributed by atoms with E-state index in [9.17, 15) is 4.79 Å². The van der Waals surface area contributed by atoms with E-state index < -0.39 is 5.97 Å². The minimum absolute atomic E-state index is 0.138. The largest absolute Gasteiger partial charge is 0.481 e. The van der Waals surface area contributed by atoms with Gasteiger partial charge in [0.2, 0.25) is 0 Å². The van der Waals surface area contributed by atoms with Gasteiger partial charge >= 0.3 is 5.97 Å². The normalized spacial score (nSPS) is 11.1. The zero-order chi connectivity index (χ0) is 14.8. The molecular formula is C15H16N4O2. The Bertz CT molecular complexity index is 788. The summed E-state index contributed by atoms with van der Waals surface area (Å²) >= 11 is 0. The molecule has 0 spiro atoms. The minimum Gasteiger partial charge on any atom is -0.481 e. The molecule has 0 radical (unpaired) electrons. The van der Waals surface area contributed by atoms with Crippen LogP contribution in [-0.4, -0.2) is 30.6 Å². The number of carboxylic acids is 1. The zero-order valence-corrected chi connectivity index (χ0v) is 11.7. The summed E-state index contributed by atoms with van der Waals surface area (Å²) < 4.78 is 3.77. The Morgan fingerprint density at radius 3 is 2.81 bits per heavy atom. The predicted molar refractivity (Wildman–Crippen MR) is 78.0 cm³/mol. The van der Waals surface area contributed by atoms with E-state index in [1.165, 1.54) is 0 Å². The van der Waals surface area contributed by atoms with Crippen molar-refractivity contribution in [2.75, 3.05) is 0 Å². The molecule has 0 saturated heterocycles. The molecule has 0 aliphatic rings. The molecule has 6 heteroatoms. The van der Waals surface area contributed by atoms with Gasteiger partial charge in [0.05, 0.1) is 6.54 Å². The maximum Gasteiger partial charge on any atom is 0.303 e. The first-order valence-electron chi connectivity index (χ1n) is 6.77. The van der Waals surface area contributed by atoms with E-state index in [1.807, 2.05) is 43.7 Å². The van der Waals surface area contributed by atoms with E-state index in [4.69, 9.17) is 5.11 Å². The SMILES string of the molecule is Cn1cc(Cn2cc(CCC(=O)O)c3ccccc32)nn1. The van der Waals surface area contributed by atoms with Crippen LogP contribution < -0.4 is 0 Å². The molecule has 108 valence electrons. The molecular weight excluding hydrogens is 268 g/mol. The number of fused-ring (bicyclic) bond motifs is 1. The smallest absolute Gasteiger partial charge is 0.303 e. The third-order valence-electron chi connectivity index (χ3n) is 3.46. The van der Waals surface area contributed by atoms with Gasteiger partial charge in [-0.05, 0) is 18.1 Å². The molecule has 21 heavy (non-hydrogen) atoms. The average molecular weight is 284 g/mol. The summed E-state index contributed by atoms with van der Waals surface area (Å²) in [6.07, 6.45) is 4.57. The van der Waals surface area contributed by atoms with E-state index >= 15 is 0 Å². The van der Waals surface area contributed by atoms with Gasteiger partial charge in [-0.3, -0.25) is 9.48 Å². The monoisotopic (exact) mass is 284 g/mol. The van der Waals surface area contributed by atoms with Gasteiger partial charge in [-0.2, -0.15) is 0 Å². The van der Waals surface area contributed by atoms with Gasteiger partial charge in [-0.25, -0.2) is 0 Å². The van der Waals surface area contributed by atoms with Gasteiger partial charge in [-0.15, -0.1) is 5.10 Å². The van der Waals surface area contributed by atoms with E-state index in [1.54, 1.807) is 4.68 Å². The molecule has 0 atom stereocenters. The molecule has 0 saturated carbocycles. The predicted octanol–water partition coefficient (Wildman–Crippen LogP) is 1.84. The maximum absolute atomic E-state index is 10.8. The molecule has 6 nitrogen and oxygen atoms in total. The van der Waals surface area contributed by atoms with Gasteiger partial charge in [0, 0.05) is 36.8 Å². The topological polar surface area (TPSA) is 72.9 Å². The van der Waals surface area contributed by atoms with Gasteiger partial charge in [0.1, 0.15) is 5.69 Å². The number of carboxylic acid groups (broad SMARTS) is 1. The number of aryl methyl sites for hydroxylation is 2. The Hall–Kier alpha value is -2.63. The summed E-state index contributed by atoms with van der Waals surface area (Å²) in [6, 6.07) is 8.02. The van der Waals surface area contributed by atoms with Crippen LogP contribution in [0.1, 0.15) is 17.7 Å². The van der Waals surface area contributed by atoms with Crippen molar-refractivity contribution in [3.05, 3.63) is 47.9 Å². The van der Waals surface area contributed by atoms with Crippen LogP contribution in [0.25, 0.3) is 10.9 Å². The van der Waals surface area contributed by atoms with Crippen LogP contribution >= 0.6 is 0 Å². The first-order chi connectivity index (χ1) is 10.1. The molecule has 1 N–H and O–H groups in total. The third kappa shape index (κ3) is 2.79. The quantitative estimate of drug-likeness (QED) is 0.776. The number of aliphatic carboxylic acids is 1. The van der Waals surface area contributed by atoms with E-state index in [0.717, 1.165) is 22.2 Å². The zero-order valence-electron chi connectivity index (χ0n) is 11.7. The van der Waals surface area contributed by atoms with Gasteiger partial charge in [0.15, 0.2) is 0 Å². The number of hydrogen-bond acceptors (Lipinski definition) is 3. The van der Waals surface area contributed by atoms with Crippen molar-refractivity contribution in [1.29, 1.82) is 0 Å². The number of aromatic nitrogens is 4. The molecule has 0 amide bonds. The van der Waals surface area contributed by atoms with Crippen molar-refractivity contribution in [3.63, 3.8) is 0 Å².